The van der Waals surface area contributed by atoms with Gasteiger partial charge in [0.1, 0.15) is 22.9 Å². The van der Waals surface area contributed by atoms with E-state index < -0.39 is 0 Å². The van der Waals surface area contributed by atoms with Crippen molar-refractivity contribution in [2.45, 2.75) is 26.2 Å². The van der Waals surface area contributed by atoms with Crippen molar-refractivity contribution in [1.82, 2.24) is 15.0 Å². The number of ether oxygens (including phenoxy) is 1. The molecule has 0 amide bonds. The molecule has 1 aliphatic heterocycles. The first-order valence-electron chi connectivity index (χ1n) is 8.04. The largest absolute Gasteiger partial charge is 0.492 e. The van der Waals surface area contributed by atoms with E-state index in [0.717, 1.165) is 43.9 Å². The standard InChI is InChI=1S/C17H21ClN4O/c1-2-14-9-17(21-12-20-14)22-7-4-13(5-8-22)11-23-16-3-6-19-10-15(16)18/h3,6,9-10,12-13H,2,4-5,7-8,11H2,1H3. The molecule has 3 rings (SSSR count). The van der Waals surface area contributed by atoms with Crippen molar-refractivity contribution in [3.63, 3.8) is 0 Å². The van der Waals surface area contributed by atoms with Crippen molar-refractivity contribution in [3.8, 4) is 5.75 Å². The molecule has 0 atom stereocenters. The van der Waals surface area contributed by atoms with Gasteiger partial charge in [0.2, 0.25) is 0 Å². The highest BCUT2D eigenvalue weighted by molar-refractivity contribution is 6.31. The summed E-state index contributed by atoms with van der Waals surface area (Å²) in [5.41, 5.74) is 1.09. The van der Waals surface area contributed by atoms with Crippen LogP contribution in [-0.4, -0.2) is 34.6 Å². The maximum atomic E-state index is 6.06. The van der Waals surface area contributed by atoms with E-state index in [2.05, 4.69) is 32.8 Å². The monoisotopic (exact) mass is 332 g/mol. The Hall–Kier alpha value is -1.88. The minimum atomic E-state index is 0.544. The van der Waals surface area contributed by atoms with Crippen molar-refractivity contribution in [3.05, 3.63) is 41.6 Å². The van der Waals surface area contributed by atoms with Crippen molar-refractivity contribution < 1.29 is 4.74 Å². The second-order valence-electron chi connectivity index (χ2n) is 5.77. The minimum absolute atomic E-state index is 0.544. The number of nitrogens with zero attached hydrogens (tertiary/aromatic N) is 4. The third-order valence-electron chi connectivity index (χ3n) is 4.22. The number of halogens is 1. The summed E-state index contributed by atoms with van der Waals surface area (Å²) in [7, 11) is 0. The van der Waals surface area contributed by atoms with Crippen LogP contribution in [0.1, 0.15) is 25.5 Å². The Kier molecular flexibility index (Phi) is 5.28. The molecular weight excluding hydrogens is 312 g/mol. The Bertz CT molecular complexity index is 644. The number of piperidine rings is 1. The molecule has 122 valence electrons. The van der Waals surface area contributed by atoms with Gasteiger partial charge in [-0.15, -0.1) is 0 Å². The van der Waals surface area contributed by atoms with Crippen molar-refractivity contribution in [1.29, 1.82) is 0 Å². The van der Waals surface area contributed by atoms with Crippen LogP contribution in [0.2, 0.25) is 5.02 Å². The van der Waals surface area contributed by atoms with Gasteiger partial charge in [0.05, 0.1) is 6.61 Å². The van der Waals surface area contributed by atoms with Gasteiger partial charge in [-0.25, -0.2) is 9.97 Å². The van der Waals surface area contributed by atoms with Gasteiger partial charge in [-0.1, -0.05) is 18.5 Å². The Morgan fingerprint density at radius 3 is 2.87 bits per heavy atom. The van der Waals surface area contributed by atoms with Crippen LogP contribution in [0, 0.1) is 5.92 Å². The second-order valence-corrected chi connectivity index (χ2v) is 6.18. The first-order chi connectivity index (χ1) is 11.3. The third kappa shape index (κ3) is 4.10. The molecular formula is C17H21ClN4O. The van der Waals surface area contributed by atoms with E-state index in [9.17, 15) is 0 Å². The van der Waals surface area contributed by atoms with Gasteiger partial charge in [0.15, 0.2) is 0 Å². The van der Waals surface area contributed by atoms with Crippen LogP contribution < -0.4 is 9.64 Å². The lowest BCUT2D eigenvalue weighted by molar-refractivity contribution is 0.222. The fraction of sp³-hybridized carbons (Fsp3) is 0.471. The highest BCUT2D eigenvalue weighted by atomic mass is 35.5. The van der Waals surface area contributed by atoms with Gasteiger partial charge in [0.25, 0.3) is 0 Å². The Labute approximate surface area is 141 Å². The second kappa shape index (κ2) is 7.59. The SMILES string of the molecule is CCc1cc(N2CCC(COc3ccncc3Cl)CC2)ncn1. The summed E-state index contributed by atoms with van der Waals surface area (Å²) in [6, 6.07) is 3.90. The fourth-order valence-corrected chi connectivity index (χ4v) is 2.94. The molecule has 0 N–H and O–H groups in total. The Morgan fingerprint density at radius 2 is 2.13 bits per heavy atom. The van der Waals surface area contributed by atoms with E-state index in [-0.39, 0.29) is 0 Å². The number of hydrogen-bond donors (Lipinski definition) is 0. The van der Waals surface area contributed by atoms with Crippen LogP contribution in [0.15, 0.2) is 30.9 Å². The van der Waals surface area contributed by atoms with E-state index in [1.54, 1.807) is 18.7 Å². The van der Waals surface area contributed by atoms with Crippen molar-refractivity contribution in [2.75, 3.05) is 24.6 Å². The van der Waals surface area contributed by atoms with Crippen LogP contribution >= 0.6 is 11.6 Å². The highest BCUT2D eigenvalue weighted by Gasteiger charge is 2.21. The molecule has 6 heteroatoms. The van der Waals surface area contributed by atoms with Crippen LogP contribution in [-0.2, 0) is 6.42 Å². The summed E-state index contributed by atoms with van der Waals surface area (Å²) in [4.78, 5) is 15.0. The predicted molar refractivity (Wildman–Crippen MR) is 91.1 cm³/mol. The molecule has 0 unspecified atom stereocenters. The predicted octanol–water partition coefficient (Wildman–Crippen LogP) is 3.38. The molecule has 0 spiro atoms. The van der Waals surface area contributed by atoms with Gasteiger partial charge in [0, 0.05) is 43.3 Å². The van der Waals surface area contributed by atoms with Crippen LogP contribution in [0.4, 0.5) is 5.82 Å². The number of anilines is 1. The summed E-state index contributed by atoms with van der Waals surface area (Å²) in [6.07, 6.45) is 8.09. The molecule has 0 bridgehead atoms. The first kappa shape index (κ1) is 16.0. The van der Waals surface area contributed by atoms with Crippen LogP contribution in [0.3, 0.4) is 0 Å². The molecule has 5 nitrogen and oxygen atoms in total. The molecule has 0 saturated carbocycles. The number of pyridine rings is 1. The summed E-state index contributed by atoms with van der Waals surface area (Å²) < 4.78 is 5.84. The van der Waals surface area contributed by atoms with Crippen LogP contribution in [0.5, 0.6) is 5.75 Å². The Morgan fingerprint density at radius 1 is 1.30 bits per heavy atom. The smallest absolute Gasteiger partial charge is 0.141 e. The Balaban J connectivity index is 1.51. The zero-order valence-electron chi connectivity index (χ0n) is 13.3. The molecule has 0 radical (unpaired) electrons. The topological polar surface area (TPSA) is 51.1 Å². The van der Waals surface area contributed by atoms with Crippen LogP contribution in [0.25, 0.3) is 0 Å². The molecule has 0 aliphatic carbocycles. The lowest BCUT2D eigenvalue weighted by atomic mass is 9.98. The van der Waals surface area contributed by atoms with E-state index >= 15 is 0 Å². The van der Waals surface area contributed by atoms with Crippen molar-refractivity contribution in [2.24, 2.45) is 5.92 Å². The van der Waals surface area contributed by atoms with Gasteiger partial charge < -0.3 is 9.64 Å². The van der Waals surface area contributed by atoms with E-state index in [1.165, 1.54) is 0 Å². The zero-order valence-corrected chi connectivity index (χ0v) is 14.0. The van der Waals surface area contributed by atoms with Gasteiger partial charge in [-0.3, -0.25) is 4.98 Å². The van der Waals surface area contributed by atoms with Crippen molar-refractivity contribution >= 4 is 17.4 Å². The lowest BCUT2D eigenvalue weighted by Gasteiger charge is -2.32. The molecule has 1 aliphatic rings. The number of aromatic nitrogens is 3. The number of hydrogen-bond acceptors (Lipinski definition) is 5. The molecule has 0 aromatic carbocycles. The third-order valence-corrected chi connectivity index (χ3v) is 4.50. The quantitative estimate of drug-likeness (QED) is 0.840. The maximum Gasteiger partial charge on any atom is 0.141 e. The number of aryl methyl sites for hydroxylation is 1. The summed E-state index contributed by atoms with van der Waals surface area (Å²) in [5.74, 6) is 2.30. The highest BCUT2D eigenvalue weighted by Crippen LogP contribution is 2.26. The fourth-order valence-electron chi connectivity index (χ4n) is 2.77. The molecule has 2 aromatic heterocycles. The van der Waals surface area contributed by atoms with Gasteiger partial charge in [-0.05, 0) is 25.2 Å². The van der Waals surface area contributed by atoms with Gasteiger partial charge in [-0.2, -0.15) is 0 Å². The lowest BCUT2D eigenvalue weighted by Crippen LogP contribution is -2.36. The molecule has 3 heterocycles. The summed E-state index contributed by atoms with van der Waals surface area (Å²) in [5, 5.41) is 0.568. The number of rotatable bonds is 5. The average Bonchev–Trinajstić information content (AvgIpc) is 2.61. The minimum Gasteiger partial charge on any atom is -0.492 e. The first-order valence-corrected chi connectivity index (χ1v) is 8.42. The maximum absolute atomic E-state index is 6.06. The van der Waals surface area contributed by atoms with E-state index in [1.807, 2.05) is 6.07 Å². The summed E-state index contributed by atoms with van der Waals surface area (Å²) >= 11 is 6.06. The molecule has 1 fully saturated rings. The summed E-state index contributed by atoms with van der Waals surface area (Å²) in [6.45, 7) is 4.80. The van der Waals surface area contributed by atoms with E-state index in [0.29, 0.717) is 23.3 Å². The normalized spacial score (nSPS) is 15.7. The molecule has 1 saturated heterocycles. The average molecular weight is 333 g/mol. The zero-order chi connectivity index (χ0) is 16.1. The van der Waals surface area contributed by atoms with Gasteiger partial charge >= 0.3 is 0 Å². The van der Waals surface area contributed by atoms with E-state index in [4.69, 9.17) is 16.3 Å². The molecule has 23 heavy (non-hydrogen) atoms. The molecule has 2 aromatic rings.